The van der Waals surface area contributed by atoms with Crippen LogP contribution in [0, 0.1) is 0 Å². The van der Waals surface area contributed by atoms with E-state index < -0.39 is 0 Å². The standard InChI is InChI=1S/C20H35N5O/c1-5-25(6-2)16-10-11-17(3)24-20(21-4)23-15-14-22-19(26)18-12-8-7-9-13-18/h7-9,12-13,17H,5-6,10-11,14-16H2,1-4H3,(H,22,26)(H2,21,23,24). The Morgan fingerprint density at radius 1 is 1.12 bits per heavy atom. The van der Waals surface area contributed by atoms with Gasteiger partial charge in [-0.3, -0.25) is 9.79 Å². The fourth-order valence-electron chi connectivity index (χ4n) is 2.71. The first kappa shape index (κ1) is 22.0. The molecule has 3 N–H and O–H groups in total. The van der Waals surface area contributed by atoms with Crippen LogP contribution in [0.5, 0.6) is 0 Å². The first-order chi connectivity index (χ1) is 12.6. The Labute approximate surface area is 158 Å². The Bertz CT molecular complexity index is 528. The van der Waals surface area contributed by atoms with Gasteiger partial charge >= 0.3 is 0 Å². The van der Waals surface area contributed by atoms with E-state index >= 15 is 0 Å². The van der Waals surface area contributed by atoms with Crippen LogP contribution >= 0.6 is 0 Å². The van der Waals surface area contributed by atoms with Crippen molar-refractivity contribution in [3.63, 3.8) is 0 Å². The summed E-state index contributed by atoms with van der Waals surface area (Å²) < 4.78 is 0. The summed E-state index contributed by atoms with van der Waals surface area (Å²) in [6.45, 7) is 11.1. The first-order valence-electron chi connectivity index (χ1n) is 9.63. The normalized spacial score (nSPS) is 12.7. The number of aliphatic imine (C=N–C) groups is 1. The van der Waals surface area contributed by atoms with Gasteiger partial charge in [0.25, 0.3) is 5.91 Å². The molecule has 0 fully saturated rings. The second kappa shape index (κ2) is 13.2. The van der Waals surface area contributed by atoms with Crippen molar-refractivity contribution in [1.29, 1.82) is 0 Å². The Morgan fingerprint density at radius 3 is 2.38 bits per heavy atom. The van der Waals surface area contributed by atoms with E-state index in [0.717, 1.165) is 32.0 Å². The van der Waals surface area contributed by atoms with Crippen LogP contribution in [0.15, 0.2) is 35.3 Å². The van der Waals surface area contributed by atoms with Crippen LogP contribution in [0.25, 0.3) is 0 Å². The van der Waals surface area contributed by atoms with Gasteiger partial charge in [-0.25, -0.2) is 0 Å². The molecule has 146 valence electrons. The molecular weight excluding hydrogens is 326 g/mol. The molecule has 26 heavy (non-hydrogen) atoms. The number of nitrogens with zero attached hydrogens (tertiary/aromatic N) is 2. The molecular formula is C20H35N5O. The maximum Gasteiger partial charge on any atom is 0.251 e. The molecule has 6 heteroatoms. The molecule has 0 bridgehead atoms. The molecule has 0 aliphatic carbocycles. The first-order valence-corrected chi connectivity index (χ1v) is 9.63. The zero-order chi connectivity index (χ0) is 19.2. The van der Waals surface area contributed by atoms with Crippen LogP contribution < -0.4 is 16.0 Å². The highest BCUT2D eigenvalue weighted by Crippen LogP contribution is 2.00. The second-order valence-corrected chi connectivity index (χ2v) is 6.34. The van der Waals surface area contributed by atoms with E-state index in [2.05, 4.69) is 46.6 Å². The highest BCUT2D eigenvalue weighted by Gasteiger charge is 2.07. The van der Waals surface area contributed by atoms with E-state index in [-0.39, 0.29) is 5.91 Å². The van der Waals surface area contributed by atoms with Crippen LogP contribution in [0.3, 0.4) is 0 Å². The predicted octanol–water partition coefficient (Wildman–Crippen LogP) is 2.09. The van der Waals surface area contributed by atoms with Crippen LogP contribution in [0.1, 0.15) is 44.0 Å². The minimum Gasteiger partial charge on any atom is -0.355 e. The highest BCUT2D eigenvalue weighted by molar-refractivity contribution is 5.94. The van der Waals surface area contributed by atoms with Crippen molar-refractivity contribution in [3.8, 4) is 0 Å². The summed E-state index contributed by atoms with van der Waals surface area (Å²) in [6, 6.07) is 9.60. The SMILES string of the molecule is CCN(CC)CCCC(C)NC(=NC)NCCNC(=O)c1ccccc1. The summed E-state index contributed by atoms with van der Waals surface area (Å²) >= 11 is 0. The van der Waals surface area contributed by atoms with E-state index in [0.29, 0.717) is 24.7 Å². The lowest BCUT2D eigenvalue weighted by Crippen LogP contribution is -2.45. The lowest BCUT2D eigenvalue weighted by Gasteiger charge is -2.21. The number of amides is 1. The van der Waals surface area contributed by atoms with Gasteiger partial charge in [0.15, 0.2) is 5.96 Å². The molecule has 1 unspecified atom stereocenters. The number of guanidine groups is 1. The molecule has 0 saturated carbocycles. The molecule has 0 spiro atoms. The summed E-state index contributed by atoms with van der Waals surface area (Å²) in [7, 11) is 1.76. The molecule has 1 aromatic rings. The van der Waals surface area contributed by atoms with Gasteiger partial charge in [-0.05, 0) is 51.5 Å². The third-order valence-corrected chi connectivity index (χ3v) is 4.35. The average molecular weight is 362 g/mol. The maximum absolute atomic E-state index is 12.0. The van der Waals surface area contributed by atoms with Gasteiger partial charge in [-0.1, -0.05) is 32.0 Å². The van der Waals surface area contributed by atoms with Crippen LogP contribution in [0.2, 0.25) is 0 Å². The average Bonchev–Trinajstić information content (AvgIpc) is 2.68. The van der Waals surface area contributed by atoms with Gasteiger partial charge in [0.05, 0.1) is 0 Å². The van der Waals surface area contributed by atoms with Crippen molar-refractivity contribution < 1.29 is 4.79 Å². The number of carbonyl (C=O) groups is 1. The molecule has 0 heterocycles. The van der Waals surface area contributed by atoms with Gasteiger partial charge in [0.1, 0.15) is 0 Å². The van der Waals surface area contributed by atoms with Crippen molar-refractivity contribution in [2.24, 2.45) is 4.99 Å². The number of hydrogen-bond acceptors (Lipinski definition) is 3. The molecule has 6 nitrogen and oxygen atoms in total. The molecule has 0 saturated heterocycles. The van der Waals surface area contributed by atoms with E-state index in [1.54, 1.807) is 7.05 Å². The Hall–Kier alpha value is -2.08. The van der Waals surface area contributed by atoms with E-state index in [1.165, 1.54) is 6.42 Å². The maximum atomic E-state index is 12.0. The summed E-state index contributed by atoms with van der Waals surface area (Å²) in [5.74, 6) is 0.717. The summed E-state index contributed by atoms with van der Waals surface area (Å²) in [5.41, 5.74) is 0.678. The molecule has 0 aliphatic heterocycles. The highest BCUT2D eigenvalue weighted by atomic mass is 16.1. The lowest BCUT2D eigenvalue weighted by molar-refractivity contribution is 0.0954. The van der Waals surface area contributed by atoms with Crippen molar-refractivity contribution in [2.75, 3.05) is 39.8 Å². The van der Waals surface area contributed by atoms with Crippen molar-refractivity contribution in [1.82, 2.24) is 20.9 Å². The Morgan fingerprint density at radius 2 is 1.77 bits per heavy atom. The summed E-state index contributed by atoms with van der Waals surface area (Å²) in [5, 5.41) is 9.55. The summed E-state index contributed by atoms with van der Waals surface area (Å²) in [6.07, 6.45) is 2.27. The third kappa shape index (κ3) is 8.85. The van der Waals surface area contributed by atoms with E-state index in [4.69, 9.17) is 0 Å². The van der Waals surface area contributed by atoms with Gasteiger partial charge in [0.2, 0.25) is 0 Å². The summed E-state index contributed by atoms with van der Waals surface area (Å²) in [4.78, 5) is 18.7. The molecule has 1 atom stereocenters. The lowest BCUT2D eigenvalue weighted by atomic mass is 10.2. The van der Waals surface area contributed by atoms with Crippen molar-refractivity contribution >= 4 is 11.9 Å². The monoisotopic (exact) mass is 361 g/mol. The van der Waals surface area contributed by atoms with Gasteiger partial charge in [-0.2, -0.15) is 0 Å². The number of carbonyl (C=O) groups excluding carboxylic acids is 1. The zero-order valence-electron chi connectivity index (χ0n) is 16.7. The number of nitrogens with one attached hydrogen (secondary N) is 3. The fraction of sp³-hybridized carbons (Fsp3) is 0.600. The smallest absolute Gasteiger partial charge is 0.251 e. The number of hydrogen-bond donors (Lipinski definition) is 3. The zero-order valence-corrected chi connectivity index (χ0v) is 16.7. The molecule has 0 radical (unpaired) electrons. The van der Waals surface area contributed by atoms with Crippen LogP contribution in [0.4, 0.5) is 0 Å². The predicted molar refractivity (Wildman–Crippen MR) is 110 cm³/mol. The number of benzene rings is 1. The largest absolute Gasteiger partial charge is 0.355 e. The number of rotatable bonds is 11. The quantitative estimate of drug-likeness (QED) is 0.321. The van der Waals surface area contributed by atoms with E-state index in [9.17, 15) is 4.79 Å². The molecule has 1 aromatic carbocycles. The Balaban J connectivity index is 2.21. The molecule has 1 amide bonds. The van der Waals surface area contributed by atoms with Crippen LogP contribution in [-0.4, -0.2) is 62.6 Å². The van der Waals surface area contributed by atoms with Gasteiger partial charge in [-0.15, -0.1) is 0 Å². The molecule has 0 aromatic heterocycles. The van der Waals surface area contributed by atoms with Crippen LogP contribution in [-0.2, 0) is 0 Å². The minimum absolute atomic E-state index is 0.0554. The third-order valence-electron chi connectivity index (χ3n) is 4.35. The topological polar surface area (TPSA) is 68.8 Å². The van der Waals surface area contributed by atoms with Gasteiger partial charge < -0.3 is 20.9 Å². The fourth-order valence-corrected chi connectivity index (χ4v) is 2.71. The molecule has 0 aliphatic rings. The van der Waals surface area contributed by atoms with Crippen molar-refractivity contribution in [2.45, 2.75) is 39.7 Å². The molecule has 1 rings (SSSR count). The van der Waals surface area contributed by atoms with E-state index in [1.807, 2.05) is 30.3 Å². The minimum atomic E-state index is -0.0554. The Kier molecular flexibility index (Phi) is 11.1. The van der Waals surface area contributed by atoms with Crippen molar-refractivity contribution in [3.05, 3.63) is 35.9 Å². The van der Waals surface area contributed by atoms with Gasteiger partial charge in [0, 0.05) is 31.7 Å². The second-order valence-electron chi connectivity index (χ2n) is 6.34.